The Kier molecular flexibility index (Phi) is 4.64. The van der Waals surface area contributed by atoms with E-state index < -0.39 is 0 Å². The summed E-state index contributed by atoms with van der Waals surface area (Å²) in [7, 11) is 0. The predicted octanol–water partition coefficient (Wildman–Crippen LogP) is 4.27. The Morgan fingerprint density at radius 1 is 1.33 bits per heavy atom. The normalized spacial score (nSPS) is 13.7. The molecule has 0 saturated carbocycles. The molecule has 1 aliphatic heterocycles. The molecular formula is C21H19N3O2S. The van der Waals surface area contributed by atoms with Crippen molar-refractivity contribution in [1.82, 2.24) is 4.57 Å². The topological polar surface area (TPSA) is 55.6 Å². The van der Waals surface area contributed by atoms with Gasteiger partial charge in [-0.25, -0.2) is 4.99 Å². The standard InChI is InChI=1S/C21H19N3O2S/c1-3-10-24-18(13-27-21(24)23-16-7-5-4-6-14(16)2)15-8-9-19-17(11-15)22-20(25)12-26-19/h3-9,11,13H,1,10,12H2,2H3,(H,22,25). The van der Waals surface area contributed by atoms with Crippen LogP contribution in [-0.2, 0) is 11.3 Å². The number of anilines is 1. The molecule has 1 amide bonds. The van der Waals surface area contributed by atoms with Crippen LogP contribution in [0.15, 0.2) is 65.5 Å². The number of aryl methyl sites for hydroxylation is 1. The van der Waals surface area contributed by atoms with Crippen LogP contribution in [0.3, 0.4) is 0 Å². The summed E-state index contributed by atoms with van der Waals surface area (Å²) < 4.78 is 7.57. The molecule has 0 radical (unpaired) electrons. The van der Waals surface area contributed by atoms with E-state index in [4.69, 9.17) is 9.73 Å². The van der Waals surface area contributed by atoms with Crippen LogP contribution < -0.4 is 14.9 Å². The van der Waals surface area contributed by atoms with Gasteiger partial charge in [-0.1, -0.05) is 24.3 Å². The van der Waals surface area contributed by atoms with E-state index in [1.807, 2.05) is 42.5 Å². The van der Waals surface area contributed by atoms with Crippen LogP contribution in [-0.4, -0.2) is 17.1 Å². The Bertz CT molecular complexity index is 1090. The summed E-state index contributed by atoms with van der Waals surface area (Å²) >= 11 is 1.58. The van der Waals surface area contributed by atoms with Gasteiger partial charge in [-0.15, -0.1) is 17.9 Å². The Morgan fingerprint density at radius 3 is 3.00 bits per heavy atom. The highest BCUT2D eigenvalue weighted by Crippen LogP contribution is 2.33. The molecule has 27 heavy (non-hydrogen) atoms. The van der Waals surface area contributed by atoms with E-state index in [9.17, 15) is 4.79 Å². The first kappa shape index (κ1) is 17.3. The molecule has 5 nitrogen and oxygen atoms in total. The lowest BCUT2D eigenvalue weighted by Gasteiger charge is -2.18. The maximum Gasteiger partial charge on any atom is 0.262 e. The average Bonchev–Trinajstić information content (AvgIpc) is 3.06. The number of benzene rings is 2. The summed E-state index contributed by atoms with van der Waals surface area (Å²) in [6.45, 7) is 6.63. The van der Waals surface area contributed by atoms with Gasteiger partial charge < -0.3 is 14.6 Å². The largest absolute Gasteiger partial charge is 0.482 e. The SMILES string of the molecule is C=CCn1c(-c2ccc3c(c2)NC(=O)CO3)csc1=Nc1ccccc1C. The van der Waals surface area contributed by atoms with Crippen molar-refractivity contribution in [2.75, 3.05) is 11.9 Å². The Balaban J connectivity index is 1.82. The minimum atomic E-state index is -0.140. The van der Waals surface area contributed by atoms with E-state index >= 15 is 0 Å². The minimum Gasteiger partial charge on any atom is -0.482 e. The molecule has 4 rings (SSSR count). The van der Waals surface area contributed by atoms with Crippen molar-refractivity contribution in [1.29, 1.82) is 0 Å². The van der Waals surface area contributed by atoms with Crippen molar-refractivity contribution in [2.24, 2.45) is 4.99 Å². The maximum absolute atomic E-state index is 11.6. The van der Waals surface area contributed by atoms with Gasteiger partial charge in [-0.3, -0.25) is 4.79 Å². The van der Waals surface area contributed by atoms with E-state index in [0.29, 0.717) is 18.0 Å². The van der Waals surface area contributed by atoms with Crippen molar-refractivity contribution in [3.8, 4) is 17.0 Å². The zero-order valence-electron chi connectivity index (χ0n) is 14.9. The lowest BCUT2D eigenvalue weighted by Crippen LogP contribution is -2.25. The van der Waals surface area contributed by atoms with Crippen LogP contribution in [0.1, 0.15) is 5.56 Å². The molecule has 0 bridgehead atoms. The van der Waals surface area contributed by atoms with Gasteiger partial charge in [0.1, 0.15) is 5.75 Å². The molecule has 0 aliphatic carbocycles. The minimum absolute atomic E-state index is 0.0563. The second kappa shape index (κ2) is 7.25. The van der Waals surface area contributed by atoms with Crippen LogP contribution in [0.2, 0.25) is 0 Å². The third kappa shape index (κ3) is 3.44. The lowest BCUT2D eigenvalue weighted by molar-refractivity contribution is -0.118. The predicted molar refractivity (Wildman–Crippen MR) is 108 cm³/mol. The number of hydrogen-bond donors (Lipinski definition) is 1. The number of aromatic nitrogens is 1. The van der Waals surface area contributed by atoms with E-state index in [0.717, 1.165) is 27.3 Å². The highest BCUT2D eigenvalue weighted by molar-refractivity contribution is 7.07. The summed E-state index contributed by atoms with van der Waals surface area (Å²) in [5, 5.41) is 4.94. The van der Waals surface area contributed by atoms with Gasteiger partial charge in [-0.05, 0) is 36.8 Å². The number of rotatable bonds is 4. The molecule has 2 heterocycles. The smallest absolute Gasteiger partial charge is 0.262 e. The number of nitrogens with zero attached hydrogens (tertiary/aromatic N) is 2. The third-order valence-electron chi connectivity index (χ3n) is 4.35. The fourth-order valence-electron chi connectivity index (χ4n) is 2.99. The van der Waals surface area contributed by atoms with Gasteiger partial charge in [0.2, 0.25) is 0 Å². The summed E-state index contributed by atoms with van der Waals surface area (Å²) in [5.41, 5.74) is 4.79. The summed E-state index contributed by atoms with van der Waals surface area (Å²) in [6.07, 6.45) is 1.86. The highest BCUT2D eigenvalue weighted by atomic mass is 32.1. The van der Waals surface area contributed by atoms with Gasteiger partial charge >= 0.3 is 0 Å². The molecule has 1 aliphatic rings. The number of carbonyl (C=O) groups is 1. The lowest BCUT2D eigenvalue weighted by atomic mass is 10.1. The Labute approximate surface area is 161 Å². The van der Waals surface area contributed by atoms with Crippen molar-refractivity contribution < 1.29 is 9.53 Å². The molecule has 0 unspecified atom stereocenters. The van der Waals surface area contributed by atoms with Crippen molar-refractivity contribution in [3.05, 3.63) is 70.9 Å². The number of allylic oxidation sites excluding steroid dienone is 1. The first-order valence-electron chi connectivity index (χ1n) is 8.62. The van der Waals surface area contributed by atoms with Crippen LogP contribution >= 0.6 is 11.3 Å². The maximum atomic E-state index is 11.6. The average molecular weight is 377 g/mol. The van der Waals surface area contributed by atoms with Gasteiger partial charge in [0.25, 0.3) is 5.91 Å². The summed E-state index contributed by atoms with van der Waals surface area (Å²) in [4.78, 5) is 17.4. The molecule has 0 spiro atoms. The molecule has 136 valence electrons. The second-order valence-corrected chi connectivity index (χ2v) is 7.09. The molecule has 3 aromatic rings. The molecule has 1 N–H and O–H groups in total. The van der Waals surface area contributed by atoms with Crippen molar-refractivity contribution >= 4 is 28.6 Å². The number of fused-ring (bicyclic) bond motifs is 1. The molecule has 0 saturated heterocycles. The Morgan fingerprint density at radius 2 is 2.19 bits per heavy atom. The summed E-state index contributed by atoms with van der Waals surface area (Å²) in [5.74, 6) is 0.549. The van der Waals surface area contributed by atoms with E-state index in [-0.39, 0.29) is 12.5 Å². The molecule has 6 heteroatoms. The molecular weight excluding hydrogens is 358 g/mol. The van der Waals surface area contributed by atoms with Crippen LogP contribution in [0.25, 0.3) is 11.3 Å². The number of ether oxygens (including phenoxy) is 1. The van der Waals surface area contributed by atoms with E-state index in [1.54, 1.807) is 11.3 Å². The molecule has 0 fully saturated rings. The van der Waals surface area contributed by atoms with E-state index in [2.05, 4.69) is 34.8 Å². The van der Waals surface area contributed by atoms with E-state index in [1.165, 1.54) is 0 Å². The van der Waals surface area contributed by atoms with Gasteiger partial charge in [0, 0.05) is 17.5 Å². The first-order valence-corrected chi connectivity index (χ1v) is 9.50. The van der Waals surface area contributed by atoms with Gasteiger partial charge in [0.15, 0.2) is 11.4 Å². The number of carbonyl (C=O) groups excluding carboxylic acids is 1. The molecule has 2 aromatic carbocycles. The number of thiazole rings is 1. The monoisotopic (exact) mass is 377 g/mol. The first-order chi connectivity index (χ1) is 13.2. The molecule has 0 atom stereocenters. The Hall–Kier alpha value is -3.12. The van der Waals surface area contributed by atoms with Crippen LogP contribution in [0.4, 0.5) is 11.4 Å². The number of hydrogen-bond acceptors (Lipinski definition) is 4. The number of amides is 1. The van der Waals surface area contributed by atoms with Crippen LogP contribution in [0.5, 0.6) is 5.75 Å². The second-order valence-electron chi connectivity index (χ2n) is 6.25. The van der Waals surface area contributed by atoms with Crippen molar-refractivity contribution in [3.63, 3.8) is 0 Å². The zero-order valence-corrected chi connectivity index (χ0v) is 15.8. The fourth-order valence-corrected chi connectivity index (χ4v) is 3.92. The zero-order chi connectivity index (χ0) is 18.8. The number of para-hydroxylation sites is 1. The fraction of sp³-hybridized carbons (Fsp3) is 0.143. The van der Waals surface area contributed by atoms with Crippen molar-refractivity contribution in [2.45, 2.75) is 13.5 Å². The highest BCUT2D eigenvalue weighted by Gasteiger charge is 2.17. The third-order valence-corrected chi connectivity index (χ3v) is 5.21. The van der Waals surface area contributed by atoms with Gasteiger partial charge in [0.05, 0.1) is 17.1 Å². The van der Waals surface area contributed by atoms with Crippen LogP contribution in [0, 0.1) is 6.92 Å². The quantitative estimate of drug-likeness (QED) is 0.690. The summed E-state index contributed by atoms with van der Waals surface area (Å²) in [6, 6.07) is 13.9. The molecule has 1 aromatic heterocycles. The van der Waals surface area contributed by atoms with Gasteiger partial charge in [-0.2, -0.15) is 0 Å². The number of nitrogens with one attached hydrogen (secondary N) is 1.